The van der Waals surface area contributed by atoms with Gasteiger partial charge in [-0.25, -0.2) is 0 Å². The van der Waals surface area contributed by atoms with Crippen molar-refractivity contribution in [2.24, 2.45) is 11.3 Å². The van der Waals surface area contributed by atoms with E-state index in [1.807, 2.05) is 0 Å². The molecule has 0 spiro atoms. The van der Waals surface area contributed by atoms with Crippen LogP contribution in [0.5, 0.6) is 0 Å². The second-order valence-electron chi connectivity index (χ2n) is 7.67. The summed E-state index contributed by atoms with van der Waals surface area (Å²) in [6.45, 7) is 2.87. The molecule has 0 aromatic heterocycles. The SMILES string of the molecule is OCC1(CNC2CCCCC2C2=CCCCC2)CCOCC1. The maximum Gasteiger partial charge on any atom is 0.0501 e. The Labute approximate surface area is 135 Å². The Morgan fingerprint density at radius 2 is 1.95 bits per heavy atom. The lowest BCUT2D eigenvalue weighted by Gasteiger charge is -2.40. The van der Waals surface area contributed by atoms with Gasteiger partial charge in [0.25, 0.3) is 0 Å². The van der Waals surface area contributed by atoms with E-state index in [1.165, 1.54) is 51.4 Å². The Kier molecular flexibility index (Phi) is 5.95. The maximum absolute atomic E-state index is 9.88. The van der Waals surface area contributed by atoms with E-state index in [0.717, 1.165) is 38.5 Å². The number of nitrogens with one attached hydrogen (secondary N) is 1. The molecule has 3 rings (SSSR count). The minimum Gasteiger partial charge on any atom is -0.396 e. The van der Waals surface area contributed by atoms with Gasteiger partial charge < -0.3 is 15.2 Å². The lowest BCUT2D eigenvalue weighted by atomic mass is 9.75. The van der Waals surface area contributed by atoms with Gasteiger partial charge in [-0.15, -0.1) is 0 Å². The molecule has 2 N–H and O–H groups in total. The molecule has 1 saturated heterocycles. The van der Waals surface area contributed by atoms with E-state index in [2.05, 4.69) is 11.4 Å². The standard InChI is InChI=1S/C19H33NO2/c21-15-19(10-12-22-13-11-19)14-20-18-9-5-4-8-17(18)16-6-2-1-3-7-16/h6,17-18,20-21H,1-5,7-15H2. The normalized spacial score (nSPS) is 32.5. The van der Waals surface area contributed by atoms with Crippen molar-refractivity contribution in [2.75, 3.05) is 26.4 Å². The van der Waals surface area contributed by atoms with E-state index >= 15 is 0 Å². The molecule has 3 nitrogen and oxygen atoms in total. The zero-order valence-corrected chi connectivity index (χ0v) is 14.0. The zero-order valence-electron chi connectivity index (χ0n) is 14.0. The van der Waals surface area contributed by atoms with Crippen LogP contribution in [0.4, 0.5) is 0 Å². The molecule has 0 bridgehead atoms. The summed E-state index contributed by atoms with van der Waals surface area (Å²) in [5.74, 6) is 0.754. The topological polar surface area (TPSA) is 41.5 Å². The molecule has 0 amide bonds. The van der Waals surface area contributed by atoms with Gasteiger partial charge in [-0.3, -0.25) is 0 Å². The van der Waals surface area contributed by atoms with Crippen LogP contribution < -0.4 is 5.32 Å². The number of aliphatic hydroxyl groups excluding tert-OH is 1. The second-order valence-corrected chi connectivity index (χ2v) is 7.67. The third kappa shape index (κ3) is 3.93. The molecule has 0 aromatic rings. The summed E-state index contributed by atoms with van der Waals surface area (Å²) in [5.41, 5.74) is 1.79. The first-order valence-electron chi connectivity index (χ1n) is 9.44. The molecule has 1 aliphatic heterocycles. The molecule has 0 aromatic carbocycles. The van der Waals surface area contributed by atoms with Crippen molar-refractivity contribution < 1.29 is 9.84 Å². The third-order valence-electron chi connectivity index (χ3n) is 6.20. The fourth-order valence-corrected chi connectivity index (χ4v) is 4.56. The van der Waals surface area contributed by atoms with Gasteiger partial charge in [0.05, 0.1) is 6.61 Å². The lowest BCUT2D eigenvalue weighted by molar-refractivity contribution is -0.0177. The lowest BCUT2D eigenvalue weighted by Crippen LogP contribution is -2.48. The van der Waals surface area contributed by atoms with Crippen LogP contribution in [-0.4, -0.2) is 37.5 Å². The molecule has 0 radical (unpaired) electrons. The molecule has 3 heteroatoms. The van der Waals surface area contributed by atoms with Gasteiger partial charge >= 0.3 is 0 Å². The monoisotopic (exact) mass is 307 g/mol. The van der Waals surface area contributed by atoms with E-state index in [-0.39, 0.29) is 5.41 Å². The van der Waals surface area contributed by atoms with Crippen molar-refractivity contribution in [3.63, 3.8) is 0 Å². The summed E-state index contributed by atoms with van der Waals surface area (Å²) >= 11 is 0. The van der Waals surface area contributed by atoms with Gasteiger partial charge in [-0.1, -0.05) is 24.5 Å². The second kappa shape index (κ2) is 7.94. The fourth-order valence-electron chi connectivity index (χ4n) is 4.56. The summed E-state index contributed by atoms with van der Waals surface area (Å²) in [7, 11) is 0. The van der Waals surface area contributed by atoms with Crippen LogP contribution in [0.3, 0.4) is 0 Å². The van der Waals surface area contributed by atoms with Crippen molar-refractivity contribution in [1.82, 2.24) is 5.32 Å². The summed E-state index contributed by atoms with van der Waals surface area (Å²) in [4.78, 5) is 0. The number of allylic oxidation sites excluding steroid dienone is 1. The summed E-state index contributed by atoms with van der Waals surface area (Å²) in [6.07, 6.45) is 15.3. The predicted octanol–water partition coefficient (Wildman–Crippen LogP) is 3.42. The van der Waals surface area contributed by atoms with Crippen molar-refractivity contribution in [1.29, 1.82) is 0 Å². The minimum atomic E-state index is 0.0567. The number of ether oxygens (including phenoxy) is 1. The highest BCUT2D eigenvalue weighted by atomic mass is 16.5. The van der Waals surface area contributed by atoms with Crippen LogP contribution in [-0.2, 0) is 4.74 Å². The highest BCUT2D eigenvalue weighted by Gasteiger charge is 2.34. The number of rotatable bonds is 5. The molecule has 2 unspecified atom stereocenters. The Hall–Kier alpha value is -0.380. The number of hydrogen-bond donors (Lipinski definition) is 2. The largest absolute Gasteiger partial charge is 0.396 e. The highest BCUT2D eigenvalue weighted by Crippen LogP contribution is 2.36. The molecule has 3 aliphatic rings. The van der Waals surface area contributed by atoms with Crippen molar-refractivity contribution in [2.45, 2.75) is 70.3 Å². The van der Waals surface area contributed by atoms with Gasteiger partial charge in [0.15, 0.2) is 0 Å². The Balaban J connectivity index is 1.60. The van der Waals surface area contributed by atoms with Gasteiger partial charge in [0.1, 0.15) is 0 Å². The van der Waals surface area contributed by atoms with Crippen molar-refractivity contribution in [3.05, 3.63) is 11.6 Å². The molecule has 126 valence electrons. The van der Waals surface area contributed by atoms with Crippen LogP contribution in [0.2, 0.25) is 0 Å². The van der Waals surface area contributed by atoms with E-state index < -0.39 is 0 Å². The van der Waals surface area contributed by atoms with E-state index in [1.54, 1.807) is 5.57 Å². The number of hydrogen-bond acceptors (Lipinski definition) is 3. The molecule has 1 heterocycles. The average molecular weight is 307 g/mol. The van der Waals surface area contributed by atoms with E-state index in [0.29, 0.717) is 12.6 Å². The Morgan fingerprint density at radius 1 is 1.14 bits per heavy atom. The summed E-state index contributed by atoms with van der Waals surface area (Å²) < 4.78 is 5.49. The van der Waals surface area contributed by atoms with Crippen LogP contribution in [0.25, 0.3) is 0 Å². The first-order chi connectivity index (χ1) is 10.8. The van der Waals surface area contributed by atoms with E-state index in [9.17, 15) is 5.11 Å². The van der Waals surface area contributed by atoms with Gasteiger partial charge in [0, 0.05) is 31.2 Å². The Bertz CT molecular complexity index is 374. The molecule has 2 atom stereocenters. The molecular formula is C19H33NO2. The molecule has 1 saturated carbocycles. The average Bonchev–Trinajstić information content (AvgIpc) is 2.62. The van der Waals surface area contributed by atoms with Crippen molar-refractivity contribution in [3.8, 4) is 0 Å². The van der Waals surface area contributed by atoms with Crippen LogP contribution >= 0.6 is 0 Å². The first kappa shape index (κ1) is 16.5. The molecule has 22 heavy (non-hydrogen) atoms. The summed E-state index contributed by atoms with van der Waals surface area (Å²) in [5, 5.41) is 13.8. The van der Waals surface area contributed by atoms with Crippen molar-refractivity contribution >= 4 is 0 Å². The zero-order chi connectivity index (χ0) is 15.3. The van der Waals surface area contributed by atoms with E-state index in [4.69, 9.17) is 4.74 Å². The third-order valence-corrected chi connectivity index (χ3v) is 6.20. The quantitative estimate of drug-likeness (QED) is 0.765. The number of aliphatic hydroxyl groups is 1. The maximum atomic E-state index is 9.88. The smallest absolute Gasteiger partial charge is 0.0501 e. The first-order valence-corrected chi connectivity index (χ1v) is 9.44. The molecular weight excluding hydrogens is 274 g/mol. The highest BCUT2D eigenvalue weighted by molar-refractivity contribution is 5.13. The summed E-state index contributed by atoms with van der Waals surface area (Å²) in [6, 6.07) is 0.629. The van der Waals surface area contributed by atoms with Gasteiger partial charge in [-0.2, -0.15) is 0 Å². The molecule has 2 aliphatic carbocycles. The van der Waals surface area contributed by atoms with Crippen LogP contribution in [0.15, 0.2) is 11.6 Å². The predicted molar refractivity (Wildman–Crippen MR) is 89.9 cm³/mol. The van der Waals surface area contributed by atoms with Crippen LogP contribution in [0, 0.1) is 11.3 Å². The van der Waals surface area contributed by atoms with Crippen LogP contribution in [0.1, 0.15) is 64.2 Å². The van der Waals surface area contributed by atoms with Gasteiger partial charge in [0.2, 0.25) is 0 Å². The Morgan fingerprint density at radius 3 is 2.68 bits per heavy atom. The van der Waals surface area contributed by atoms with Gasteiger partial charge in [-0.05, 0) is 57.3 Å². The minimum absolute atomic E-state index is 0.0567. The fraction of sp³-hybridized carbons (Fsp3) is 0.895. The molecule has 2 fully saturated rings.